The Labute approximate surface area is 107 Å². The molecule has 98 valence electrons. The zero-order chi connectivity index (χ0) is 13.1. The molecule has 0 aliphatic carbocycles. The number of piperidine rings is 1. The van der Waals surface area contributed by atoms with Crippen LogP contribution in [0.3, 0.4) is 0 Å². The van der Waals surface area contributed by atoms with Gasteiger partial charge in [0, 0.05) is 12.5 Å². The van der Waals surface area contributed by atoms with Crippen molar-refractivity contribution in [1.29, 1.82) is 0 Å². The van der Waals surface area contributed by atoms with E-state index in [0.717, 1.165) is 24.4 Å². The molecule has 1 aromatic rings. The third kappa shape index (κ3) is 2.48. The van der Waals surface area contributed by atoms with E-state index in [-0.39, 0.29) is 11.8 Å². The second kappa shape index (κ2) is 5.40. The van der Waals surface area contributed by atoms with Gasteiger partial charge >= 0.3 is 5.97 Å². The van der Waals surface area contributed by atoms with Crippen LogP contribution in [0.15, 0.2) is 24.3 Å². The number of para-hydroxylation sites is 1. The van der Waals surface area contributed by atoms with Gasteiger partial charge in [-0.2, -0.15) is 0 Å². The third-order valence-electron chi connectivity index (χ3n) is 3.67. The quantitative estimate of drug-likeness (QED) is 0.887. The van der Waals surface area contributed by atoms with Crippen molar-refractivity contribution in [2.24, 2.45) is 5.92 Å². The minimum atomic E-state index is -0.709. The first-order chi connectivity index (χ1) is 8.63. The van der Waals surface area contributed by atoms with E-state index in [1.165, 1.54) is 0 Å². The van der Waals surface area contributed by atoms with Gasteiger partial charge in [0.1, 0.15) is 5.75 Å². The smallest absolute Gasteiger partial charge is 0.307 e. The number of carboxylic acids is 1. The molecular formula is C14H19NO3. The molecule has 2 atom stereocenters. The van der Waals surface area contributed by atoms with Crippen molar-refractivity contribution < 1.29 is 14.6 Å². The number of methoxy groups -OCH3 is 1. The highest BCUT2D eigenvalue weighted by Crippen LogP contribution is 2.36. The Balaban J connectivity index is 2.34. The van der Waals surface area contributed by atoms with Gasteiger partial charge in [0.15, 0.2) is 0 Å². The van der Waals surface area contributed by atoms with Crippen molar-refractivity contribution in [1.82, 2.24) is 4.90 Å². The average Bonchev–Trinajstić information content (AvgIpc) is 2.38. The molecule has 1 saturated heterocycles. The molecule has 0 radical (unpaired) electrons. The van der Waals surface area contributed by atoms with E-state index in [4.69, 9.17) is 4.74 Å². The van der Waals surface area contributed by atoms with Crippen LogP contribution in [0, 0.1) is 5.92 Å². The molecule has 0 amide bonds. The lowest BCUT2D eigenvalue weighted by molar-refractivity contribution is -0.144. The first-order valence-electron chi connectivity index (χ1n) is 6.17. The molecule has 4 heteroatoms. The first-order valence-corrected chi connectivity index (χ1v) is 6.17. The Kier molecular flexibility index (Phi) is 3.87. The highest BCUT2D eigenvalue weighted by atomic mass is 16.5. The monoisotopic (exact) mass is 249 g/mol. The van der Waals surface area contributed by atoms with E-state index in [9.17, 15) is 9.90 Å². The maximum Gasteiger partial charge on any atom is 0.307 e. The molecule has 1 fully saturated rings. The molecule has 1 heterocycles. The summed E-state index contributed by atoms with van der Waals surface area (Å²) in [6.07, 6.45) is 0.689. The summed E-state index contributed by atoms with van der Waals surface area (Å²) in [5.41, 5.74) is 0.999. The van der Waals surface area contributed by atoms with Gasteiger partial charge in [0.05, 0.1) is 13.0 Å². The summed E-state index contributed by atoms with van der Waals surface area (Å²) in [6.45, 7) is 1.60. The highest BCUT2D eigenvalue weighted by Gasteiger charge is 2.35. The lowest BCUT2D eigenvalue weighted by Gasteiger charge is -2.35. The normalized spacial score (nSPS) is 24.8. The van der Waals surface area contributed by atoms with Gasteiger partial charge in [-0.25, -0.2) is 0 Å². The van der Waals surface area contributed by atoms with Crippen LogP contribution in [0.25, 0.3) is 0 Å². The van der Waals surface area contributed by atoms with E-state index in [0.29, 0.717) is 6.42 Å². The predicted molar refractivity (Wildman–Crippen MR) is 69.0 cm³/mol. The predicted octanol–water partition coefficient (Wildman–Crippen LogP) is 1.82. The number of rotatable bonds is 3. The Morgan fingerprint density at radius 1 is 1.44 bits per heavy atom. The Hall–Kier alpha value is -1.55. The molecular weight excluding hydrogens is 230 g/mol. The molecule has 2 unspecified atom stereocenters. The summed E-state index contributed by atoms with van der Waals surface area (Å²) < 4.78 is 5.35. The lowest BCUT2D eigenvalue weighted by Crippen LogP contribution is -2.40. The molecule has 2 rings (SSSR count). The minimum absolute atomic E-state index is 0.00241. The van der Waals surface area contributed by atoms with Crippen LogP contribution in [0.2, 0.25) is 0 Å². The molecule has 1 aliphatic rings. The van der Waals surface area contributed by atoms with Gasteiger partial charge < -0.3 is 14.7 Å². The summed E-state index contributed by atoms with van der Waals surface area (Å²) in [5.74, 6) is -0.252. The van der Waals surface area contributed by atoms with E-state index in [2.05, 4.69) is 4.90 Å². The van der Waals surface area contributed by atoms with Crippen LogP contribution < -0.4 is 4.74 Å². The molecule has 1 aromatic carbocycles. The summed E-state index contributed by atoms with van der Waals surface area (Å²) in [7, 11) is 3.65. The zero-order valence-electron chi connectivity index (χ0n) is 10.8. The molecule has 0 aromatic heterocycles. The maximum absolute atomic E-state index is 11.4. The first kappa shape index (κ1) is 12.9. The van der Waals surface area contributed by atoms with Crippen molar-refractivity contribution in [2.75, 3.05) is 27.2 Å². The van der Waals surface area contributed by atoms with Gasteiger partial charge in [0.2, 0.25) is 0 Å². The SMILES string of the molecule is COc1ccccc1C1CN(C)CCC1C(=O)O. The van der Waals surface area contributed by atoms with Gasteiger partial charge in [-0.05, 0) is 31.6 Å². The van der Waals surface area contributed by atoms with Crippen LogP contribution in [-0.2, 0) is 4.79 Å². The summed E-state index contributed by atoms with van der Waals surface area (Å²) in [5, 5.41) is 9.36. The Morgan fingerprint density at radius 2 is 2.17 bits per heavy atom. The van der Waals surface area contributed by atoms with Crippen LogP contribution in [0.4, 0.5) is 0 Å². The number of likely N-dealkylation sites (tertiary alicyclic amines) is 1. The molecule has 0 bridgehead atoms. The van der Waals surface area contributed by atoms with Crippen LogP contribution in [0.5, 0.6) is 5.75 Å². The molecule has 4 nitrogen and oxygen atoms in total. The van der Waals surface area contributed by atoms with E-state index in [1.807, 2.05) is 31.3 Å². The summed E-state index contributed by atoms with van der Waals surface area (Å²) in [4.78, 5) is 13.6. The number of hydrogen-bond donors (Lipinski definition) is 1. The molecule has 1 aliphatic heterocycles. The fourth-order valence-electron chi connectivity index (χ4n) is 2.70. The van der Waals surface area contributed by atoms with Crippen LogP contribution in [0.1, 0.15) is 17.9 Å². The summed E-state index contributed by atoms with van der Waals surface area (Å²) >= 11 is 0. The Morgan fingerprint density at radius 3 is 2.83 bits per heavy atom. The van der Waals surface area contributed by atoms with Gasteiger partial charge in [-0.3, -0.25) is 4.79 Å². The average molecular weight is 249 g/mol. The fraction of sp³-hybridized carbons (Fsp3) is 0.500. The second-order valence-corrected chi connectivity index (χ2v) is 4.84. The Bertz CT molecular complexity index is 433. The number of benzene rings is 1. The zero-order valence-corrected chi connectivity index (χ0v) is 10.8. The van der Waals surface area contributed by atoms with Gasteiger partial charge in [-0.15, -0.1) is 0 Å². The van der Waals surface area contributed by atoms with Crippen LogP contribution >= 0.6 is 0 Å². The maximum atomic E-state index is 11.4. The number of nitrogens with zero attached hydrogens (tertiary/aromatic N) is 1. The summed E-state index contributed by atoms with van der Waals surface area (Å²) in [6, 6.07) is 7.71. The number of ether oxygens (including phenoxy) is 1. The van der Waals surface area contributed by atoms with E-state index >= 15 is 0 Å². The van der Waals surface area contributed by atoms with Gasteiger partial charge in [-0.1, -0.05) is 18.2 Å². The van der Waals surface area contributed by atoms with Crippen molar-refractivity contribution in [2.45, 2.75) is 12.3 Å². The number of likely N-dealkylation sites (N-methyl/N-ethyl adjacent to an activating group) is 1. The third-order valence-corrected chi connectivity index (χ3v) is 3.67. The molecule has 0 spiro atoms. The van der Waals surface area contributed by atoms with Gasteiger partial charge in [0.25, 0.3) is 0 Å². The van der Waals surface area contributed by atoms with Crippen molar-refractivity contribution in [3.8, 4) is 5.75 Å². The second-order valence-electron chi connectivity index (χ2n) is 4.84. The van der Waals surface area contributed by atoms with E-state index in [1.54, 1.807) is 7.11 Å². The highest BCUT2D eigenvalue weighted by molar-refractivity contribution is 5.72. The number of aliphatic carboxylic acids is 1. The fourth-order valence-corrected chi connectivity index (χ4v) is 2.70. The molecule has 1 N–H and O–H groups in total. The van der Waals surface area contributed by atoms with Crippen LogP contribution in [-0.4, -0.2) is 43.2 Å². The largest absolute Gasteiger partial charge is 0.496 e. The number of hydrogen-bond acceptors (Lipinski definition) is 3. The lowest BCUT2D eigenvalue weighted by atomic mass is 9.80. The van der Waals surface area contributed by atoms with E-state index < -0.39 is 5.97 Å². The molecule has 0 saturated carbocycles. The van der Waals surface area contributed by atoms with Crippen molar-refractivity contribution >= 4 is 5.97 Å². The van der Waals surface area contributed by atoms with Crippen molar-refractivity contribution in [3.63, 3.8) is 0 Å². The number of carboxylic acid groups (broad SMARTS) is 1. The topological polar surface area (TPSA) is 49.8 Å². The molecule has 18 heavy (non-hydrogen) atoms. The minimum Gasteiger partial charge on any atom is -0.496 e. The standard InChI is InChI=1S/C14H19NO3/c1-15-8-7-11(14(16)17)12(9-15)10-5-3-4-6-13(10)18-2/h3-6,11-12H,7-9H2,1-2H3,(H,16,17). The van der Waals surface area contributed by atoms with Crippen molar-refractivity contribution in [3.05, 3.63) is 29.8 Å². The number of carbonyl (C=O) groups is 1.